The van der Waals surface area contributed by atoms with Gasteiger partial charge in [-0.25, -0.2) is 14.4 Å². The van der Waals surface area contributed by atoms with E-state index in [-0.39, 0.29) is 24.0 Å². The average molecular weight is 393 g/mol. The Morgan fingerprint density at radius 1 is 1.11 bits per heavy atom. The number of anilines is 1. The topological polar surface area (TPSA) is 108 Å². The highest BCUT2D eigenvalue weighted by molar-refractivity contribution is 5.98. The van der Waals surface area contributed by atoms with Crippen LogP contribution in [-0.2, 0) is 9.47 Å². The zero-order valence-corrected chi connectivity index (χ0v) is 16.4. The summed E-state index contributed by atoms with van der Waals surface area (Å²) in [6.07, 6.45) is -1.03. The second-order valence-corrected chi connectivity index (χ2v) is 7.42. The molecule has 2 rings (SSSR count). The minimum Gasteiger partial charge on any atom is -0.478 e. The first-order valence-corrected chi connectivity index (χ1v) is 9.12. The van der Waals surface area contributed by atoms with Gasteiger partial charge in [0.15, 0.2) is 0 Å². The Labute approximate surface area is 164 Å². The normalized spacial score (nSPS) is 15.0. The third-order valence-corrected chi connectivity index (χ3v) is 4.06. The van der Waals surface area contributed by atoms with Crippen molar-refractivity contribution in [3.05, 3.63) is 29.8 Å². The molecule has 1 saturated heterocycles. The molecule has 1 heterocycles. The summed E-state index contributed by atoms with van der Waals surface area (Å²) >= 11 is 0. The number of hydrogen-bond donors (Lipinski definition) is 2. The van der Waals surface area contributed by atoms with Crippen molar-refractivity contribution in [2.75, 3.05) is 44.6 Å². The molecule has 0 aliphatic carbocycles. The molecule has 9 nitrogen and oxygen atoms in total. The highest BCUT2D eigenvalue weighted by Crippen LogP contribution is 2.15. The van der Waals surface area contributed by atoms with Gasteiger partial charge in [0.2, 0.25) is 0 Å². The Hall–Kier alpha value is -2.81. The van der Waals surface area contributed by atoms with E-state index in [0.29, 0.717) is 32.7 Å². The maximum atomic E-state index is 12.0. The summed E-state index contributed by atoms with van der Waals surface area (Å²) in [5.74, 6) is -1.13. The molecule has 0 atom stereocenters. The van der Waals surface area contributed by atoms with Crippen LogP contribution in [-0.4, -0.2) is 78.0 Å². The zero-order valence-electron chi connectivity index (χ0n) is 16.4. The minimum atomic E-state index is -1.13. The van der Waals surface area contributed by atoms with Gasteiger partial charge in [0.1, 0.15) is 12.2 Å². The number of carboxylic acids is 1. The van der Waals surface area contributed by atoms with Gasteiger partial charge in [0.05, 0.1) is 11.3 Å². The van der Waals surface area contributed by atoms with Crippen LogP contribution in [0, 0.1) is 0 Å². The predicted octanol–water partition coefficient (Wildman–Crippen LogP) is 2.49. The third-order valence-electron chi connectivity index (χ3n) is 4.06. The fourth-order valence-electron chi connectivity index (χ4n) is 2.67. The maximum Gasteiger partial charge on any atom is 0.411 e. The molecule has 1 fully saturated rings. The first-order chi connectivity index (χ1) is 13.2. The molecule has 1 aliphatic rings. The highest BCUT2D eigenvalue weighted by Gasteiger charge is 2.25. The van der Waals surface area contributed by atoms with Gasteiger partial charge >= 0.3 is 18.2 Å². The number of hydrogen-bond acceptors (Lipinski definition) is 6. The van der Waals surface area contributed by atoms with Crippen LogP contribution in [0.1, 0.15) is 31.1 Å². The van der Waals surface area contributed by atoms with E-state index in [4.69, 9.17) is 14.6 Å². The second-order valence-electron chi connectivity index (χ2n) is 7.42. The van der Waals surface area contributed by atoms with Crippen LogP contribution in [0.3, 0.4) is 0 Å². The monoisotopic (exact) mass is 393 g/mol. The number of aromatic carboxylic acids is 1. The summed E-state index contributed by atoms with van der Waals surface area (Å²) in [5.41, 5.74) is -0.335. The molecule has 28 heavy (non-hydrogen) atoms. The largest absolute Gasteiger partial charge is 0.478 e. The summed E-state index contributed by atoms with van der Waals surface area (Å²) in [4.78, 5) is 38.8. The van der Waals surface area contributed by atoms with E-state index in [1.54, 1.807) is 17.0 Å². The van der Waals surface area contributed by atoms with Crippen molar-refractivity contribution >= 4 is 23.8 Å². The zero-order chi connectivity index (χ0) is 20.7. The lowest BCUT2D eigenvalue weighted by molar-refractivity contribution is 0.0132. The molecule has 1 aliphatic heterocycles. The average Bonchev–Trinajstić information content (AvgIpc) is 2.61. The number of ether oxygens (including phenoxy) is 2. The first-order valence-electron chi connectivity index (χ1n) is 9.12. The Balaban J connectivity index is 1.70. The minimum absolute atomic E-state index is 0.00212. The van der Waals surface area contributed by atoms with Crippen molar-refractivity contribution < 1.29 is 29.0 Å². The Bertz CT molecular complexity index is 708. The quantitative estimate of drug-likeness (QED) is 0.791. The molecular formula is C19H27N3O6. The molecular weight excluding hydrogens is 366 g/mol. The Kier molecular flexibility index (Phi) is 7.22. The van der Waals surface area contributed by atoms with Crippen molar-refractivity contribution in [2.24, 2.45) is 0 Å². The SMILES string of the molecule is CC(C)(C)OC(=O)N1CCN(CCOC(=O)Nc2ccccc2C(=O)O)CC1. The van der Waals surface area contributed by atoms with Gasteiger partial charge in [0.25, 0.3) is 0 Å². The van der Waals surface area contributed by atoms with Crippen molar-refractivity contribution in [1.29, 1.82) is 0 Å². The van der Waals surface area contributed by atoms with Gasteiger partial charge in [-0.3, -0.25) is 10.2 Å². The van der Waals surface area contributed by atoms with E-state index in [9.17, 15) is 14.4 Å². The van der Waals surface area contributed by atoms with Gasteiger partial charge in [-0.05, 0) is 32.9 Å². The number of benzene rings is 1. The number of carboxylic acid groups (broad SMARTS) is 1. The Morgan fingerprint density at radius 2 is 1.75 bits per heavy atom. The number of para-hydroxylation sites is 1. The molecule has 0 unspecified atom stereocenters. The highest BCUT2D eigenvalue weighted by atomic mass is 16.6. The van der Waals surface area contributed by atoms with Gasteiger partial charge < -0.3 is 19.5 Å². The third kappa shape index (κ3) is 6.73. The summed E-state index contributed by atoms with van der Waals surface area (Å²) in [6.45, 7) is 8.59. The number of carbonyl (C=O) groups excluding carboxylic acids is 2. The fourth-order valence-corrected chi connectivity index (χ4v) is 2.67. The first kappa shape index (κ1) is 21.5. The fraction of sp³-hybridized carbons (Fsp3) is 0.526. The molecule has 2 amide bonds. The molecule has 1 aromatic rings. The predicted molar refractivity (Wildman–Crippen MR) is 103 cm³/mol. The molecule has 0 aromatic heterocycles. The van der Waals surface area contributed by atoms with Crippen molar-refractivity contribution in [3.8, 4) is 0 Å². The maximum absolute atomic E-state index is 12.0. The molecule has 0 spiro atoms. The van der Waals surface area contributed by atoms with Crippen molar-refractivity contribution in [2.45, 2.75) is 26.4 Å². The van der Waals surface area contributed by atoms with E-state index in [0.717, 1.165) is 0 Å². The Morgan fingerprint density at radius 3 is 2.36 bits per heavy atom. The van der Waals surface area contributed by atoms with Crippen LogP contribution >= 0.6 is 0 Å². The summed E-state index contributed by atoms with van der Waals surface area (Å²) in [5, 5.41) is 11.6. The molecule has 1 aromatic carbocycles. The number of rotatable bonds is 5. The van der Waals surface area contributed by atoms with Crippen LogP contribution in [0.15, 0.2) is 24.3 Å². The smallest absolute Gasteiger partial charge is 0.411 e. The van der Waals surface area contributed by atoms with Crippen LogP contribution in [0.5, 0.6) is 0 Å². The molecule has 154 valence electrons. The lowest BCUT2D eigenvalue weighted by Crippen LogP contribution is -2.50. The lowest BCUT2D eigenvalue weighted by Gasteiger charge is -2.35. The molecule has 0 bridgehead atoms. The molecule has 9 heteroatoms. The number of nitrogens with one attached hydrogen (secondary N) is 1. The van der Waals surface area contributed by atoms with E-state index >= 15 is 0 Å². The van der Waals surface area contributed by atoms with Crippen molar-refractivity contribution in [3.63, 3.8) is 0 Å². The number of piperazine rings is 1. The van der Waals surface area contributed by atoms with Crippen LogP contribution < -0.4 is 5.32 Å². The van der Waals surface area contributed by atoms with Gasteiger partial charge in [0, 0.05) is 32.7 Å². The summed E-state index contributed by atoms with van der Waals surface area (Å²) in [7, 11) is 0. The summed E-state index contributed by atoms with van der Waals surface area (Å²) in [6, 6.07) is 6.12. The molecule has 2 N–H and O–H groups in total. The standard InChI is InChI=1S/C19H27N3O6/c1-19(2,3)28-18(26)22-10-8-21(9-11-22)12-13-27-17(25)20-15-7-5-4-6-14(15)16(23)24/h4-7H,8-13H2,1-3H3,(H,20,25)(H,23,24). The number of amides is 2. The molecule has 0 saturated carbocycles. The number of carbonyl (C=O) groups is 3. The second kappa shape index (κ2) is 9.41. The van der Waals surface area contributed by atoms with E-state index in [1.807, 2.05) is 20.8 Å². The lowest BCUT2D eigenvalue weighted by atomic mass is 10.2. The van der Waals surface area contributed by atoms with Crippen LogP contribution in [0.2, 0.25) is 0 Å². The summed E-state index contributed by atoms with van der Waals surface area (Å²) < 4.78 is 10.5. The van der Waals surface area contributed by atoms with Gasteiger partial charge in [-0.15, -0.1) is 0 Å². The van der Waals surface area contributed by atoms with Gasteiger partial charge in [-0.2, -0.15) is 0 Å². The van der Waals surface area contributed by atoms with Crippen LogP contribution in [0.25, 0.3) is 0 Å². The number of nitrogens with zero attached hydrogens (tertiary/aromatic N) is 2. The van der Waals surface area contributed by atoms with E-state index in [1.165, 1.54) is 12.1 Å². The van der Waals surface area contributed by atoms with Crippen LogP contribution in [0.4, 0.5) is 15.3 Å². The van der Waals surface area contributed by atoms with E-state index in [2.05, 4.69) is 10.2 Å². The van der Waals surface area contributed by atoms with Crippen molar-refractivity contribution in [1.82, 2.24) is 9.80 Å². The van der Waals surface area contributed by atoms with Gasteiger partial charge in [-0.1, -0.05) is 12.1 Å². The molecule has 0 radical (unpaired) electrons. The van der Waals surface area contributed by atoms with E-state index < -0.39 is 17.7 Å².